The zero-order valence-corrected chi connectivity index (χ0v) is 10.1. The molecule has 0 spiro atoms. The van der Waals surface area contributed by atoms with Crippen LogP contribution in [0.2, 0.25) is 0 Å². The monoisotopic (exact) mass is 213 g/mol. The van der Waals surface area contributed by atoms with Crippen molar-refractivity contribution in [3.63, 3.8) is 0 Å². The highest BCUT2D eigenvalue weighted by Gasteiger charge is 2.01. The minimum Gasteiger partial charge on any atom is -0.237 e. The van der Waals surface area contributed by atoms with Gasteiger partial charge in [0.05, 0.1) is 13.1 Å². The van der Waals surface area contributed by atoms with Gasteiger partial charge in [0.25, 0.3) is 0 Å². The van der Waals surface area contributed by atoms with Crippen molar-refractivity contribution in [2.24, 2.45) is 0 Å². The summed E-state index contributed by atoms with van der Waals surface area (Å²) in [6, 6.07) is 0. The summed E-state index contributed by atoms with van der Waals surface area (Å²) in [4.78, 5) is 0. The van der Waals surface area contributed by atoms with Gasteiger partial charge in [-0.05, 0) is 24.3 Å². The molecule has 0 saturated carbocycles. The second-order valence-electron chi connectivity index (χ2n) is 3.44. The van der Waals surface area contributed by atoms with Crippen molar-refractivity contribution in [3.05, 3.63) is 18.7 Å². The number of aromatic nitrogens is 2. The van der Waals surface area contributed by atoms with E-state index in [4.69, 9.17) is 0 Å². The number of aryl methyl sites for hydroxylation is 2. The standard InChI is InChI=1S/C11H21N2S/c1-3-6-12-8-9-13(11-12)7-5-10-14-4-2/h8-9,11H,3-7,10H2,1-2H3/q+1. The lowest BCUT2D eigenvalue weighted by Crippen LogP contribution is -2.30. The summed E-state index contributed by atoms with van der Waals surface area (Å²) in [5.74, 6) is 2.52. The highest BCUT2D eigenvalue weighted by atomic mass is 32.2. The first-order valence-electron chi connectivity index (χ1n) is 5.49. The van der Waals surface area contributed by atoms with Crippen LogP contribution in [0.4, 0.5) is 0 Å². The molecule has 0 N–H and O–H groups in total. The van der Waals surface area contributed by atoms with Crippen LogP contribution in [0, 0.1) is 0 Å². The molecule has 14 heavy (non-hydrogen) atoms. The third-order valence-corrected chi connectivity index (χ3v) is 3.12. The molecule has 0 unspecified atom stereocenters. The van der Waals surface area contributed by atoms with Gasteiger partial charge in [0.2, 0.25) is 6.33 Å². The normalized spacial score (nSPS) is 10.7. The Morgan fingerprint density at radius 2 is 2.21 bits per heavy atom. The molecule has 0 fully saturated rings. The number of imidazole rings is 1. The van der Waals surface area contributed by atoms with Crippen LogP contribution in [0.25, 0.3) is 0 Å². The summed E-state index contributed by atoms with van der Waals surface area (Å²) >= 11 is 2.02. The summed E-state index contributed by atoms with van der Waals surface area (Å²) < 4.78 is 4.54. The Balaban J connectivity index is 2.22. The Hall–Kier alpha value is -0.440. The van der Waals surface area contributed by atoms with Crippen LogP contribution >= 0.6 is 11.8 Å². The highest BCUT2D eigenvalue weighted by molar-refractivity contribution is 7.99. The van der Waals surface area contributed by atoms with Gasteiger partial charge in [0.15, 0.2) is 0 Å². The molecule has 0 aliphatic carbocycles. The molecular weight excluding hydrogens is 192 g/mol. The zero-order chi connectivity index (χ0) is 10.2. The third kappa shape index (κ3) is 4.18. The maximum atomic E-state index is 2.28. The van der Waals surface area contributed by atoms with E-state index in [1.807, 2.05) is 11.8 Å². The lowest BCUT2D eigenvalue weighted by atomic mass is 10.5. The quantitative estimate of drug-likeness (QED) is 0.499. The van der Waals surface area contributed by atoms with Crippen LogP contribution in [0.5, 0.6) is 0 Å². The molecule has 0 saturated heterocycles. The average Bonchev–Trinajstić information content (AvgIpc) is 2.61. The maximum Gasteiger partial charge on any atom is 0.243 e. The molecule has 0 radical (unpaired) electrons. The molecule has 0 amide bonds. The predicted octanol–water partition coefficient (Wildman–Crippen LogP) is 2.33. The van der Waals surface area contributed by atoms with E-state index in [9.17, 15) is 0 Å². The molecule has 1 rings (SSSR count). The number of hydrogen-bond donors (Lipinski definition) is 0. The van der Waals surface area contributed by atoms with Crippen molar-refractivity contribution in [3.8, 4) is 0 Å². The van der Waals surface area contributed by atoms with Gasteiger partial charge in [0, 0.05) is 0 Å². The molecular formula is C11H21N2S+. The fourth-order valence-electron chi connectivity index (χ4n) is 1.46. The molecule has 0 atom stereocenters. The van der Waals surface area contributed by atoms with Crippen molar-refractivity contribution in [1.29, 1.82) is 0 Å². The van der Waals surface area contributed by atoms with Gasteiger partial charge in [-0.2, -0.15) is 11.8 Å². The first-order valence-corrected chi connectivity index (χ1v) is 6.64. The van der Waals surface area contributed by atoms with Gasteiger partial charge in [-0.25, -0.2) is 9.13 Å². The lowest BCUT2D eigenvalue weighted by molar-refractivity contribution is -0.696. The Kier molecular flexibility index (Phi) is 5.76. The summed E-state index contributed by atoms with van der Waals surface area (Å²) in [6.07, 6.45) is 9.03. The summed E-state index contributed by atoms with van der Waals surface area (Å²) in [6.45, 7) is 6.72. The van der Waals surface area contributed by atoms with Crippen molar-refractivity contribution in [2.45, 2.75) is 39.8 Å². The minimum atomic E-state index is 1.14. The molecule has 1 aromatic heterocycles. The molecule has 3 heteroatoms. The second kappa shape index (κ2) is 6.93. The number of rotatable bonds is 7. The highest BCUT2D eigenvalue weighted by Crippen LogP contribution is 2.02. The topological polar surface area (TPSA) is 8.81 Å². The van der Waals surface area contributed by atoms with Crippen LogP contribution in [-0.2, 0) is 13.1 Å². The molecule has 2 nitrogen and oxygen atoms in total. The van der Waals surface area contributed by atoms with Crippen LogP contribution in [0.1, 0.15) is 26.7 Å². The van der Waals surface area contributed by atoms with Crippen molar-refractivity contribution < 1.29 is 4.57 Å². The van der Waals surface area contributed by atoms with Crippen LogP contribution in [0.15, 0.2) is 18.7 Å². The maximum absolute atomic E-state index is 2.28. The molecule has 1 aromatic rings. The van der Waals surface area contributed by atoms with E-state index >= 15 is 0 Å². The first kappa shape index (κ1) is 11.6. The van der Waals surface area contributed by atoms with Gasteiger partial charge in [0.1, 0.15) is 12.4 Å². The summed E-state index contributed by atoms with van der Waals surface area (Å²) in [5.41, 5.74) is 0. The third-order valence-electron chi connectivity index (χ3n) is 2.14. The minimum absolute atomic E-state index is 1.14. The Labute approximate surface area is 91.3 Å². The number of hydrogen-bond acceptors (Lipinski definition) is 1. The molecule has 0 aliphatic rings. The van der Waals surface area contributed by atoms with Crippen molar-refractivity contribution in [2.75, 3.05) is 11.5 Å². The lowest BCUT2D eigenvalue weighted by Gasteiger charge is -1.96. The Morgan fingerprint density at radius 3 is 2.93 bits per heavy atom. The van der Waals surface area contributed by atoms with E-state index < -0.39 is 0 Å². The van der Waals surface area contributed by atoms with E-state index in [0.29, 0.717) is 0 Å². The van der Waals surface area contributed by atoms with Gasteiger partial charge in [-0.3, -0.25) is 0 Å². The van der Waals surface area contributed by atoms with Gasteiger partial charge < -0.3 is 0 Å². The summed E-state index contributed by atoms with van der Waals surface area (Å²) in [7, 11) is 0. The molecule has 0 aromatic carbocycles. The zero-order valence-electron chi connectivity index (χ0n) is 9.28. The van der Waals surface area contributed by atoms with E-state index in [1.165, 1.54) is 24.3 Å². The van der Waals surface area contributed by atoms with Gasteiger partial charge in [-0.15, -0.1) is 0 Å². The van der Waals surface area contributed by atoms with Gasteiger partial charge >= 0.3 is 0 Å². The summed E-state index contributed by atoms with van der Waals surface area (Å²) in [5, 5.41) is 0. The van der Waals surface area contributed by atoms with Crippen LogP contribution in [-0.4, -0.2) is 16.1 Å². The number of nitrogens with zero attached hydrogens (tertiary/aromatic N) is 2. The predicted molar refractivity (Wildman–Crippen MR) is 62.5 cm³/mol. The second-order valence-corrected chi connectivity index (χ2v) is 4.83. The number of thioether (sulfide) groups is 1. The van der Waals surface area contributed by atoms with Crippen LogP contribution in [0.3, 0.4) is 0 Å². The fourth-order valence-corrected chi connectivity index (χ4v) is 2.08. The fraction of sp³-hybridized carbons (Fsp3) is 0.727. The van der Waals surface area contributed by atoms with E-state index in [1.54, 1.807) is 0 Å². The average molecular weight is 213 g/mol. The van der Waals surface area contributed by atoms with Crippen LogP contribution < -0.4 is 4.57 Å². The van der Waals surface area contributed by atoms with E-state index in [2.05, 4.69) is 41.7 Å². The smallest absolute Gasteiger partial charge is 0.237 e. The molecule has 0 bridgehead atoms. The molecule has 0 aliphatic heterocycles. The Morgan fingerprint density at radius 1 is 1.36 bits per heavy atom. The van der Waals surface area contributed by atoms with E-state index in [0.717, 1.165) is 13.1 Å². The van der Waals surface area contributed by atoms with E-state index in [-0.39, 0.29) is 0 Å². The molecule has 1 heterocycles. The first-order chi connectivity index (χ1) is 6.86. The SMILES string of the molecule is CCC[n+]1ccn(CCCSCC)c1. The van der Waals surface area contributed by atoms with Crippen molar-refractivity contribution >= 4 is 11.8 Å². The largest absolute Gasteiger partial charge is 0.243 e. The van der Waals surface area contributed by atoms with Crippen molar-refractivity contribution in [1.82, 2.24) is 4.57 Å². The molecule has 80 valence electrons. The van der Waals surface area contributed by atoms with Gasteiger partial charge in [-0.1, -0.05) is 13.8 Å². The Bertz CT molecular complexity index is 245.